The van der Waals surface area contributed by atoms with Gasteiger partial charge in [-0.25, -0.2) is 0 Å². The summed E-state index contributed by atoms with van der Waals surface area (Å²) in [7, 11) is 0. The molecule has 120 valence electrons. The Bertz CT molecular complexity index is 288. The molecule has 2 heteroatoms. The molecule has 0 aromatic rings. The molecule has 2 nitrogen and oxygen atoms in total. The normalized spacial score (nSPS) is 16.9. The molecule has 2 unspecified atom stereocenters. The summed E-state index contributed by atoms with van der Waals surface area (Å²) in [5.74, 6) is 0.746. The van der Waals surface area contributed by atoms with Crippen molar-refractivity contribution in [2.45, 2.75) is 81.1 Å². The minimum absolute atomic E-state index is 0.0325. The van der Waals surface area contributed by atoms with Crippen LogP contribution >= 0.6 is 0 Å². The smallest absolute Gasteiger partial charge is 0.312 e. The molecule has 0 amide bonds. The third kappa shape index (κ3) is 4.79. The molecule has 0 heterocycles. The summed E-state index contributed by atoms with van der Waals surface area (Å²) in [4.78, 5) is 12.6. The highest BCUT2D eigenvalue weighted by molar-refractivity contribution is 5.77. The maximum Gasteiger partial charge on any atom is 0.312 e. The number of ether oxygens (including phenoxy) is 1. The molecule has 0 rings (SSSR count). The number of hydrogen-bond acceptors (Lipinski definition) is 2. The van der Waals surface area contributed by atoms with Crippen LogP contribution in [0.15, 0.2) is 0 Å². The highest BCUT2D eigenvalue weighted by atomic mass is 16.5. The van der Waals surface area contributed by atoms with E-state index in [2.05, 4.69) is 48.5 Å². The van der Waals surface area contributed by atoms with Crippen LogP contribution < -0.4 is 0 Å². The van der Waals surface area contributed by atoms with E-state index in [0.29, 0.717) is 12.5 Å². The lowest BCUT2D eigenvalue weighted by Gasteiger charge is -2.43. The quantitative estimate of drug-likeness (QED) is 0.554. The van der Waals surface area contributed by atoms with Crippen LogP contribution in [-0.4, -0.2) is 12.6 Å². The first-order valence-electron chi connectivity index (χ1n) is 8.28. The topological polar surface area (TPSA) is 26.3 Å². The Labute approximate surface area is 126 Å². The molecule has 0 radical (unpaired) electrons. The molecule has 0 fully saturated rings. The Balaban J connectivity index is 4.71. The van der Waals surface area contributed by atoms with Crippen LogP contribution in [0.3, 0.4) is 0 Å². The van der Waals surface area contributed by atoms with E-state index >= 15 is 0 Å². The number of esters is 1. The fourth-order valence-corrected chi connectivity index (χ4v) is 2.65. The van der Waals surface area contributed by atoms with Crippen molar-refractivity contribution in [3.63, 3.8) is 0 Å². The standard InChI is InChI=1S/C18H36O2/c1-9-11-12-15(10-2)13-20-16(19)18(8,14(3)4)17(5,6)7/h14-15H,9-13H2,1-8H3. The Hall–Kier alpha value is -0.530. The van der Waals surface area contributed by atoms with Crippen molar-refractivity contribution in [2.75, 3.05) is 6.61 Å². The van der Waals surface area contributed by atoms with E-state index in [9.17, 15) is 4.79 Å². The SMILES string of the molecule is CCCCC(CC)COC(=O)C(C)(C(C)C)C(C)(C)C. The van der Waals surface area contributed by atoms with E-state index in [1.165, 1.54) is 12.8 Å². The molecule has 0 saturated heterocycles. The van der Waals surface area contributed by atoms with Crippen LogP contribution in [0.4, 0.5) is 0 Å². The Morgan fingerprint density at radius 3 is 2.00 bits per heavy atom. The Kier molecular flexibility index (Phi) is 7.83. The van der Waals surface area contributed by atoms with Crippen LogP contribution in [-0.2, 0) is 9.53 Å². The second kappa shape index (κ2) is 8.05. The van der Waals surface area contributed by atoms with Gasteiger partial charge in [0.2, 0.25) is 0 Å². The summed E-state index contributed by atoms with van der Waals surface area (Å²) in [5, 5.41) is 0. The number of unbranched alkanes of at least 4 members (excludes halogenated alkanes) is 1. The van der Waals surface area contributed by atoms with Crippen LogP contribution in [0, 0.1) is 22.7 Å². The Morgan fingerprint density at radius 2 is 1.65 bits per heavy atom. The first kappa shape index (κ1) is 19.5. The highest BCUT2D eigenvalue weighted by Gasteiger charge is 2.48. The van der Waals surface area contributed by atoms with Gasteiger partial charge in [-0.05, 0) is 30.6 Å². The van der Waals surface area contributed by atoms with E-state index in [0.717, 1.165) is 12.8 Å². The minimum atomic E-state index is -0.434. The van der Waals surface area contributed by atoms with Crippen molar-refractivity contribution >= 4 is 5.97 Å². The van der Waals surface area contributed by atoms with Crippen molar-refractivity contribution < 1.29 is 9.53 Å². The molecule has 0 aromatic heterocycles. The molecule has 0 bridgehead atoms. The van der Waals surface area contributed by atoms with Crippen LogP contribution in [0.5, 0.6) is 0 Å². The zero-order chi connectivity index (χ0) is 16.0. The number of hydrogen-bond donors (Lipinski definition) is 0. The zero-order valence-corrected chi connectivity index (χ0v) is 15.0. The van der Waals surface area contributed by atoms with Gasteiger partial charge in [-0.1, -0.05) is 67.7 Å². The van der Waals surface area contributed by atoms with Gasteiger partial charge in [0.25, 0.3) is 0 Å². The molecule has 0 aliphatic carbocycles. The van der Waals surface area contributed by atoms with Gasteiger partial charge in [0.15, 0.2) is 0 Å². The minimum Gasteiger partial charge on any atom is -0.465 e. The summed E-state index contributed by atoms with van der Waals surface area (Å²) < 4.78 is 5.71. The van der Waals surface area contributed by atoms with Crippen LogP contribution in [0.1, 0.15) is 81.1 Å². The molecule has 0 spiro atoms. The molecular weight excluding hydrogens is 248 g/mol. The molecule has 2 atom stereocenters. The van der Waals surface area contributed by atoms with Crippen LogP contribution in [0.25, 0.3) is 0 Å². The van der Waals surface area contributed by atoms with Gasteiger partial charge in [-0.15, -0.1) is 0 Å². The second-order valence-electron chi connectivity index (χ2n) is 7.62. The molecular formula is C18H36O2. The van der Waals surface area contributed by atoms with Crippen molar-refractivity contribution in [1.82, 2.24) is 0 Å². The van der Waals surface area contributed by atoms with Crippen LogP contribution in [0.2, 0.25) is 0 Å². The van der Waals surface area contributed by atoms with E-state index in [-0.39, 0.29) is 17.3 Å². The van der Waals surface area contributed by atoms with Gasteiger partial charge in [-0.3, -0.25) is 4.79 Å². The predicted octanol–water partition coefficient (Wildman–Crippen LogP) is 5.45. The second-order valence-corrected chi connectivity index (χ2v) is 7.62. The molecule has 0 aromatic carbocycles. The van der Waals surface area contributed by atoms with Gasteiger partial charge in [-0.2, -0.15) is 0 Å². The lowest BCUT2D eigenvalue weighted by molar-refractivity contribution is -0.167. The fourth-order valence-electron chi connectivity index (χ4n) is 2.65. The number of carbonyl (C=O) groups excluding carboxylic acids is 1. The van der Waals surface area contributed by atoms with Gasteiger partial charge in [0.1, 0.15) is 0 Å². The van der Waals surface area contributed by atoms with Crippen molar-refractivity contribution in [1.29, 1.82) is 0 Å². The average Bonchev–Trinajstić information content (AvgIpc) is 2.35. The summed E-state index contributed by atoms with van der Waals surface area (Å²) in [6, 6.07) is 0. The molecule has 0 aliphatic heterocycles. The van der Waals surface area contributed by atoms with Crippen molar-refractivity contribution in [3.05, 3.63) is 0 Å². The van der Waals surface area contributed by atoms with Gasteiger partial charge in [0, 0.05) is 0 Å². The monoisotopic (exact) mass is 284 g/mol. The maximum absolute atomic E-state index is 12.6. The number of carbonyl (C=O) groups is 1. The third-order valence-electron chi connectivity index (χ3n) is 5.13. The summed E-state index contributed by atoms with van der Waals surface area (Å²) in [5.41, 5.74) is -0.528. The summed E-state index contributed by atoms with van der Waals surface area (Å²) in [6.07, 6.45) is 4.67. The van der Waals surface area contributed by atoms with Gasteiger partial charge < -0.3 is 4.74 Å². The third-order valence-corrected chi connectivity index (χ3v) is 5.13. The predicted molar refractivity (Wildman–Crippen MR) is 86.7 cm³/mol. The van der Waals surface area contributed by atoms with E-state index in [1.807, 2.05) is 6.92 Å². The fraction of sp³-hybridized carbons (Fsp3) is 0.944. The van der Waals surface area contributed by atoms with Crippen molar-refractivity contribution in [3.8, 4) is 0 Å². The highest BCUT2D eigenvalue weighted by Crippen LogP contribution is 2.45. The first-order valence-corrected chi connectivity index (χ1v) is 8.28. The maximum atomic E-state index is 12.6. The molecule has 0 aliphatic rings. The molecule has 20 heavy (non-hydrogen) atoms. The first-order chi connectivity index (χ1) is 9.11. The Morgan fingerprint density at radius 1 is 1.10 bits per heavy atom. The molecule has 0 saturated carbocycles. The average molecular weight is 284 g/mol. The van der Waals surface area contributed by atoms with Gasteiger partial charge >= 0.3 is 5.97 Å². The largest absolute Gasteiger partial charge is 0.465 e. The van der Waals surface area contributed by atoms with Crippen molar-refractivity contribution in [2.24, 2.45) is 22.7 Å². The zero-order valence-electron chi connectivity index (χ0n) is 15.0. The summed E-state index contributed by atoms with van der Waals surface area (Å²) >= 11 is 0. The summed E-state index contributed by atoms with van der Waals surface area (Å²) in [6.45, 7) is 17.6. The lowest BCUT2D eigenvalue weighted by Crippen LogP contribution is -2.46. The van der Waals surface area contributed by atoms with Gasteiger partial charge in [0.05, 0.1) is 12.0 Å². The van der Waals surface area contributed by atoms with E-state index in [1.54, 1.807) is 0 Å². The van der Waals surface area contributed by atoms with E-state index < -0.39 is 5.41 Å². The molecule has 0 N–H and O–H groups in total. The number of rotatable bonds is 8. The lowest BCUT2D eigenvalue weighted by atomic mass is 9.62. The van der Waals surface area contributed by atoms with E-state index in [4.69, 9.17) is 4.74 Å².